The van der Waals surface area contributed by atoms with E-state index in [1.165, 1.54) is 0 Å². The van der Waals surface area contributed by atoms with Gasteiger partial charge in [-0.25, -0.2) is 9.78 Å². The van der Waals surface area contributed by atoms with E-state index in [-0.39, 0.29) is 28.0 Å². The molecule has 1 aliphatic carbocycles. The van der Waals surface area contributed by atoms with Gasteiger partial charge in [-0.15, -0.1) is 0 Å². The molecule has 0 radical (unpaired) electrons. The van der Waals surface area contributed by atoms with Crippen LogP contribution in [0.3, 0.4) is 0 Å². The number of esters is 1. The van der Waals surface area contributed by atoms with Crippen molar-refractivity contribution in [2.75, 3.05) is 18.0 Å². The molecule has 3 rings (SSSR count). The largest absolute Gasteiger partial charge is 0.481 e. The number of carbonyl (C=O) groups is 2. The second-order valence-electron chi connectivity index (χ2n) is 7.82. The maximum atomic E-state index is 12.1. The molecule has 2 fully saturated rings. The molecule has 1 N–H and O–H groups in total. The number of ether oxygens (including phenoxy) is 1. The van der Waals surface area contributed by atoms with Gasteiger partial charge in [0.1, 0.15) is 16.6 Å². The molecule has 0 bridgehead atoms. The van der Waals surface area contributed by atoms with Gasteiger partial charge in [-0.2, -0.15) is 0 Å². The molecule has 6 nitrogen and oxygen atoms in total. The minimum absolute atomic E-state index is 0.0993. The highest BCUT2D eigenvalue weighted by Crippen LogP contribution is 2.63. The summed E-state index contributed by atoms with van der Waals surface area (Å²) in [4.78, 5) is 29.6. The number of pyridine rings is 1. The van der Waals surface area contributed by atoms with Gasteiger partial charge in [0.15, 0.2) is 0 Å². The topological polar surface area (TPSA) is 79.7 Å². The van der Waals surface area contributed by atoms with Crippen LogP contribution < -0.4 is 4.90 Å². The van der Waals surface area contributed by atoms with Crippen LogP contribution in [0.2, 0.25) is 5.15 Å². The first-order chi connectivity index (χ1) is 11.0. The minimum atomic E-state index is -0.728. The molecule has 130 valence electrons. The number of anilines is 1. The van der Waals surface area contributed by atoms with E-state index in [0.29, 0.717) is 18.9 Å². The number of nitrogens with zero attached hydrogens (tertiary/aromatic N) is 2. The normalized spacial score (nSPS) is 28.5. The van der Waals surface area contributed by atoms with Crippen LogP contribution in [0.25, 0.3) is 0 Å². The lowest BCUT2D eigenvalue weighted by Crippen LogP contribution is -2.29. The molecule has 0 amide bonds. The fourth-order valence-corrected chi connectivity index (χ4v) is 3.85. The van der Waals surface area contributed by atoms with E-state index >= 15 is 0 Å². The first-order valence-electron chi connectivity index (χ1n) is 7.90. The van der Waals surface area contributed by atoms with E-state index in [0.717, 1.165) is 0 Å². The second-order valence-corrected chi connectivity index (χ2v) is 8.18. The Kier molecular flexibility index (Phi) is 3.79. The average Bonchev–Trinajstić information content (AvgIpc) is 2.84. The summed E-state index contributed by atoms with van der Waals surface area (Å²) < 4.78 is 5.31. The Balaban J connectivity index is 1.73. The number of carbonyl (C=O) groups excluding carboxylic acids is 1. The molecule has 7 heteroatoms. The second kappa shape index (κ2) is 5.34. The zero-order valence-corrected chi connectivity index (χ0v) is 14.9. The standard InChI is InChI=1S/C17H21ClN2O4/c1-16(2,3)24-15(23)9-5-6-11(19-13(9)18)20-7-10-12(14(21)22)17(10,4)8-20/h5-6,10,12H,7-8H2,1-4H3,(H,21,22)/t10-,12?,17+/m0/s1. The van der Waals surface area contributed by atoms with Gasteiger partial charge in [0.25, 0.3) is 0 Å². The molecule has 24 heavy (non-hydrogen) atoms. The summed E-state index contributed by atoms with van der Waals surface area (Å²) in [5.74, 6) is -0.710. The Labute approximate surface area is 145 Å². The number of carboxylic acid groups (broad SMARTS) is 1. The Hall–Kier alpha value is -1.82. The van der Waals surface area contributed by atoms with Gasteiger partial charge in [-0.3, -0.25) is 4.79 Å². The van der Waals surface area contributed by atoms with Gasteiger partial charge in [0.2, 0.25) is 0 Å². The molecule has 1 aliphatic heterocycles. The lowest BCUT2D eigenvalue weighted by molar-refractivity contribution is -0.139. The predicted molar refractivity (Wildman–Crippen MR) is 89.4 cm³/mol. The van der Waals surface area contributed by atoms with E-state index in [4.69, 9.17) is 16.3 Å². The maximum Gasteiger partial charge on any atom is 0.341 e. The van der Waals surface area contributed by atoms with Crippen LogP contribution in [0.5, 0.6) is 0 Å². The van der Waals surface area contributed by atoms with Gasteiger partial charge in [-0.05, 0) is 38.8 Å². The van der Waals surface area contributed by atoms with Gasteiger partial charge >= 0.3 is 11.9 Å². The number of aromatic nitrogens is 1. The van der Waals surface area contributed by atoms with Crippen LogP contribution in [0, 0.1) is 17.3 Å². The number of halogens is 1. The van der Waals surface area contributed by atoms with E-state index in [2.05, 4.69) is 4.98 Å². The smallest absolute Gasteiger partial charge is 0.341 e. The Morgan fingerprint density at radius 2 is 2.08 bits per heavy atom. The summed E-state index contributed by atoms with van der Waals surface area (Å²) in [6, 6.07) is 3.34. The Bertz CT molecular complexity index is 715. The monoisotopic (exact) mass is 352 g/mol. The van der Waals surface area contributed by atoms with Gasteiger partial charge in [-0.1, -0.05) is 18.5 Å². The van der Waals surface area contributed by atoms with Crippen molar-refractivity contribution in [3.05, 3.63) is 22.8 Å². The highest BCUT2D eigenvalue weighted by atomic mass is 35.5. The van der Waals surface area contributed by atoms with Crippen LogP contribution in [-0.4, -0.2) is 40.7 Å². The van der Waals surface area contributed by atoms with E-state index in [1.807, 2.05) is 11.8 Å². The lowest BCUT2D eigenvalue weighted by Gasteiger charge is -2.23. The van der Waals surface area contributed by atoms with Crippen LogP contribution in [0.15, 0.2) is 12.1 Å². The minimum Gasteiger partial charge on any atom is -0.481 e. The molecule has 0 aromatic carbocycles. The first-order valence-corrected chi connectivity index (χ1v) is 8.28. The number of hydrogen-bond donors (Lipinski definition) is 1. The van der Waals surface area contributed by atoms with Crippen LogP contribution in [0.1, 0.15) is 38.1 Å². The molecule has 1 saturated carbocycles. The quantitative estimate of drug-likeness (QED) is 0.665. The summed E-state index contributed by atoms with van der Waals surface area (Å²) in [5, 5.41) is 9.31. The highest BCUT2D eigenvalue weighted by molar-refractivity contribution is 6.32. The van der Waals surface area contributed by atoms with Crippen LogP contribution in [-0.2, 0) is 9.53 Å². The zero-order chi connectivity index (χ0) is 17.9. The fourth-order valence-electron chi connectivity index (χ4n) is 3.62. The number of carboxylic acids is 1. The van der Waals surface area contributed by atoms with E-state index < -0.39 is 17.5 Å². The summed E-state index contributed by atoms with van der Waals surface area (Å²) in [5.41, 5.74) is -0.575. The molecule has 3 atom stereocenters. The molecule has 0 spiro atoms. The molecule has 1 aromatic heterocycles. The van der Waals surface area contributed by atoms with Crippen molar-refractivity contribution in [2.24, 2.45) is 17.3 Å². The van der Waals surface area contributed by atoms with Gasteiger partial charge < -0.3 is 14.7 Å². The van der Waals surface area contributed by atoms with Crippen LogP contribution >= 0.6 is 11.6 Å². The van der Waals surface area contributed by atoms with Crippen molar-refractivity contribution >= 4 is 29.4 Å². The molecule has 1 saturated heterocycles. The third-order valence-electron chi connectivity index (χ3n) is 4.84. The summed E-state index contributed by atoms with van der Waals surface area (Å²) in [6.45, 7) is 8.63. The third kappa shape index (κ3) is 2.83. The fraction of sp³-hybridized carbons (Fsp3) is 0.588. The SMILES string of the molecule is CC(C)(C)OC(=O)c1ccc(N2C[C@H]3C(C(=O)O)[C@]3(C)C2)nc1Cl. The van der Waals surface area contributed by atoms with Crippen molar-refractivity contribution in [1.82, 2.24) is 4.98 Å². The Morgan fingerprint density at radius 3 is 2.54 bits per heavy atom. The van der Waals surface area contributed by atoms with Crippen molar-refractivity contribution < 1.29 is 19.4 Å². The summed E-state index contributed by atoms with van der Waals surface area (Å²) in [7, 11) is 0. The van der Waals surface area contributed by atoms with E-state index in [9.17, 15) is 14.7 Å². The van der Waals surface area contributed by atoms with Crippen molar-refractivity contribution in [2.45, 2.75) is 33.3 Å². The maximum absolute atomic E-state index is 12.1. The predicted octanol–water partition coefficient (Wildman–Crippen LogP) is 2.85. The molecular weight excluding hydrogens is 332 g/mol. The zero-order valence-electron chi connectivity index (χ0n) is 14.2. The van der Waals surface area contributed by atoms with Crippen molar-refractivity contribution in [3.8, 4) is 0 Å². The molecule has 2 aliphatic rings. The Morgan fingerprint density at radius 1 is 1.42 bits per heavy atom. The van der Waals surface area contributed by atoms with Crippen molar-refractivity contribution in [1.29, 1.82) is 0 Å². The summed E-state index contributed by atoms with van der Waals surface area (Å²) >= 11 is 6.16. The molecule has 1 unspecified atom stereocenters. The highest BCUT2D eigenvalue weighted by Gasteiger charge is 2.69. The summed E-state index contributed by atoms with van der Waals surface area (Å²) in [6.07, 6.45) is 0. The van der Waals surface area contributed by atoms with Gasteiger partial charge in [0.05, 0.1) is 11.5 Å². The average molecular weight is 353 g/mol. The number of hydrogen-bond acceptors (Lipinski definition) is 5. The third-order valence-corrected chi connectivity index (χ3v) is 5.13. The van der Waals surface area contributed by atoms with E-state index in [1.54, 1.807) is 32.9 Å². The van der Waals surface area contributed by atoms with Crippen LogP contribution in [0.4, 0.5) is 5.82 Å². The molecule has 1 aromatic rings. The number of aliphatic carboxylic acids is 1. The van der Waals surface area contributed by atoms with Crippen molar-refractivity contribution in [3.63, 3.8) is 0 Å². The van der Waals surface area contributed by atoms with Gasteiger partial charge in [0, 0.05) is 18.5 Å². The number of rotatable bonds is 3. The first kappa shape index (κ1) is 17.0. The lowest BCUT2D eigenvalue weighted by atomic mass is 10.1. The molecular formula is C17H21ClN2O4. The number of fused-ring (bicyclic) bond motifs is 1. The molecule has 2 heterocycles. The number of piperidine rings is 1.